The molecule has 0 saturated carbocycles. The van der Waals surface area contributed by atoms with Crippen LogP contribution in [0.5, 0.6) is 0 Å². The van der Waals surface area contributed by atoms with Crippen LogP contribution in [0.3, 0.4) is 0 Å². The average molecular weight is 368 g/mol. The monoisotopic (exact) mass is 368 g/mol. The Hall–Kier alpha value is -2.97. The smallest absolute Gasteiger partial charge is 0.257 e. The number of hydrogen-bond acceptors (Lipinski definition) is 5. The van der Waals surface area contributed by atoms with Crippen LogP contribution in [0.1, 0.15) is 47.7 Å². The van der Waals surface area contributed by atoms with Crippen molar-refractivity contribution < 1.29 is 4.79 Å². The molecule has 1 fully saturated rings. The number of aromatic nitrogens is 7. The average Bonchev–Trinajstić information content (AvgIpc) is 3.44. The van der Waals surface area contributed by atoms with Gasteiger partial charge < -0.3 is 14.0 Å². The van der Waals surface area contributed by atoms with Gasteiger partial charge in [-0.25, -0.2) is 4.98 Å². The van der Waals surface area contributed by atoms with E-state index in [4.69, 9.17) is 0 Å². The Morgan fingerprint density at radius 2 is 2.07 bits per heavy atom. The number of rotatable bonds is 5. The van der Waals surface area contributed by atoms with Crippen LogP contribution in [0, 0.1) is 0 Å². The van der Waals surface area contributed by atoms with Crippen LogP contribution in [0.4, 0.5) is 0 Å². The lowest BCUT2D eigenvalue weighted by atomic mass is 9.95. The highest BCUT2D eigenvalue weighted by atomic mass is 16.2. The van der Waals surface area contributed by atoms with Gasteiger partial charge in [-0.2, -0.15) is 5.10 Å². The van der Waals surface area contributed by atoms with E-state index < -0.39 is 0 Å². The van der Waals surface area contributed by atoms with Crippen molar-refractivity contribution in [2.24, 2.45) is 7.05 Å². The largest absolute Gasteiger partial charge is 0.339 e. The van der Waals surface area contributed by atoms with Gasteiger partial charge in [-0.15, -0.1) is 10.2 Å². The van der Waals surface area contributed by atoms with Gasteiger partial charge in [0.15, 0.2) is 5.82 Å². The van der Waals surface area contributed by atoms with Crippen molar-refractivity contribution in [2.75, 3.05) is 13.1 Å². The molecule has 0 aromatic carbocycles. The number of carbonyl (C=O) groups is 1. The molecular formula is C18H24N8O. The lowest BCUT2D eigenvalue weighted by molar-refractivity contribution is 0.0710. The molecule has 3 aromatic rings. The number of likely N-dealkylation sites (tertiary alicyclic amines) is 1. The SMILES string of the molecule is CCn1cc(C(=O)N2CCC(c3nnc(Cn4ccnc4)n3C)CC2)cn1. The fourth-order valence-electron chi connectivity index (χ4n) is 3.58. The Kier molecular flexibility index (Phi) is 4.74. The van der Waals surface area contributed by atoms with Gasteiger partial charge in [0, 0.05) is 51.2 Å². The first-order chi connectivity index (χ1) is 13.2. The summed E-state index contributed by atoms with van der Waals surface area (Å²) < 4.78 is 5.83. The molecule has 27 heavy (non-hydrogen) atoms. The summed E-state index contributed by atoms with van der Waals surface area (Å²) in [5, 5.41) is 13.0. The third-order valence-electron chi connectivity index (χ3n) is 5.23. The fourth-order valence-corrected chi connectivity index (χ4v) is 3.58. The molecule has 4 heterocycles. The zero-order valence-electron chi connectivity index (χ0n) is 15.7. The second-order valence-electron chi connectivity index (χ2n) is 6.92. The van der Waals surface area contributed by atoms with Crippen LogP contribution in [0.15, 0.2) is 31.1 Å². The molecule has 1 aliphatic rings. The number of amides is 1. The van der Waals surface area contributed by atoms with Crippen molar-refractivity contribution in [1.29, 1.82) is 0 Å². The molecule has 0 atom stereocenters. The quantitative estimate of drug-likeness (QED) is 0.677. The van der Waals surface area contributed by atoms with E-state index in [2.05, 4.69) is 24.8 Å². The first kappa shape index (κ1) is 17.4. The number of hydrogen-bond donors (Lipinski definition) is 0. The highest BCUT2D eigenvalue weighted by molar-refractivity contribution is 5.93. The maximum Gasteiger partial charge on any atom is 0.257 e. The Morgan fingerprint density at radius 1 is 1.26 bits per heavy atom. The van der Waals surface area contributed by atoms with Crippen LogP contribution in [0.2, 0.25) is 0 Å². The van der Waals surface area contributed by atoms with E-state index in [0.717, 1.165) is 44.1 Å². The maximum absolute atomic E-state index is 12.7. The molecule has 0 aliphatic carbocycles. The predicted molar refractivity (Wildman–Crippen MR) is 98.1 cm³/mol. The fraction of sp³-hybridized carbons (Fsp3) is 0.500. The highest BCUT2D eigenvalue weighted by Crippen LogP contribution is 2.27. The summed E-state index contributed by atoms with van der Waals surface area (Å²) in [6.07, 6.45) is 10.7. The molecular weight excluding hydrogens is 344 g/mol. The topological polar surface area (TPSA) is 86.7 Å². The highest BCUT2D eigenvalue weighted by Gasteiger charge is 2.28. The van der Waals surface area contributed by atoms with Gasteiger partial charge in [0.1, 0.15) is 5.82 Å². The molecule has 0 unspecified atom stereocenters. The summed E-state index contributed by atoms with van der Waals surface area (Å²) in [5.74, 6) is 2.29. The Morgan fingerprint density at radius 3 is 2.74 bits per heavy atom. The van der Waals surface area contributed by atoms with Crippen molar-refractivity contribution in [3.05, 3.63) is 48.3 Å². The molecule has 3 aromatic heterocycles. The van der Waals surface area contributed by atoms with Crippen LogP contribution in [0.25, 0.3) is 0 Å². The lowest BCUT2D eigenvalue weighted by Crippen LogP contribution is -2.38. The van der Waals surface area contributed by atoms with Crippen LogP contribution in [-0.2, 0) is 20.1 Å². The van der Waals surface area contributed by atoms with E-state index in [1.165, 1.54) is 0 Å². The molecule has 0 bridgehead atoms. The summed E-state index contributed by atoms with van der Waals surface area (Å²) in [6, 6.07) is 0. The van der Waals surface area contributed by atoms with Gasteiger partial charge >= 0.3 is 0 Å². The van der Waals surface area contributed by atoms with Crippen LogP contribution >= 0.6 is 0 Å². The van der Waals surface area contributed by atoms with Crippen molar-refractivity contribution in [3.63, 3.8) is 0 Å². The van der Waals surface area contributed by atoms with Crippen molar-refractivity contribution in [3.8, 4) is 0 Å². The standard InChI is InChI=1S/C18H24N8O/c1-3-26-11-15(10-20-26)18(27)25-7-4-14(5-8-25)17-22-21-16(23(17)2)12-24-9-6-19-13-24/h6,9-11,13-14H,3-5,7-8,12H2,1-2H3. The second kappa shape index (κ2) is 7.34. The third-order valence-corrected chi connectivity index (χ3v) is 5.23. The molecule has 9 nitrogen and oxygen atoms in total. The zero-order valence-corrected chi connectivity index (χ0v) is 15.7. The summed E-state index contributed by atoms with van der Waals surface area (Å²) in [6.45, 7) is 4.88. The van der Waals surface area contributed by atoms with E-state index in [0.29, 0.717) is 18.0 Å². The van der Waals surface area contributed by atoms with Gasteiger partial charge in [-0.1, -0.05) is 0 Å². The van der Waals surface area contributed by atoms with Gasteiger partial charge in [-0.3, -0.25) is 9.48 Å². The van der Waals surface area contributed by atoms with E-state index in [9.17, 15) is 4.79 Å². The van der Waals surface area contributed by atoms with Gasteiger partial charge in [-0.05, 0) is 19.8 Å². The Labute approximate surface area is 157 Å². The lowest BCUT2D eigenvalue weighted by Gasteiger charge is -2.31. The first-order valence-electron chi connectivity index (χ1n) is 9.31. The van der Waals surface area contributed by atoms with E-state index in [1.54, 1.807) is 23.4 Å². The normalized spacial score (nSPS) is 15.4. The Bertz CT molecular complexity index is 902. The van der Waals surface area contributed by atoms with E-state index in [-0.39, 0.29) is 5.91 Å². The number of aryl methyl sites for hydroxylation is 1. The summed E-state index contributed by atoms with van der Waals surface area (Å²) >= 11 is 0. The van der Waals surface area contributed by atoms with E-state index in [1.807, 2.05) is 35.8 Å². The molecule has 0 spiro atoms. The summed E-state index contributed by atoms with van der Waals surface area (Å²) in [4.78, 5) is 18.6. The minimum Gasteiger partial charge on any atom is -0.339 e. The third kappa shape index (κ3) is 3.49. The first-order valence-corrected chi connectivity index (χ1v) is 9.31. The molecule has 0 radical (unpaired) electrons. The maximum atomic E-state index is 12.7. The van der Waals surface area contributed by atoms with E-state index >= 15 is 0 Å². The Balaban J connectivity index is 1.39. The van der Waals surface area contributed by atoms with Gasteiger partial charge in [0.2, 0.25) is 0 Å². The van der Waals surface area contributed by atoms with Crippen molar-refractivity contribution in [1.82, 2.24) is 39.0 Å². The molecule has 9 heteroatoms. The van der Waals surface area contributed by atoms with Crippen LogP contribution in [-0.4, -0.2) is 58.0 Å². The second-order valence-corrected chi connectivity index (χ2v) is 6.92. The number of imidazole rings is 1. The minimum atomic E-state index is 0.0620. The molecule has 1 aliphatic heterocycles. The molecule has 4 rings (SSSR count). The zero-order chi connectivity index (χ0) is 18.8. The predicted octanol–water partition coefficient (Wildman–Crippen LogP) is 1.30. The minimum absolute atomic E-state index is 0.0620. The van der Waals surface area contributed by atoms with Crippen molar-refractivity contribution in [2.45, 2.75) is 38.8 Å². The number of carbonyl (C=O) groups excluding carboxylic acids is 1. The molecule has 1 amide bonds. The number of piperidine rings is 1. The van der Waals surface area contributed by atoms with Gasteiger partial charge in [0.25, 0.3) is 5.91 Å². The summed E-state index contributed by atoms with van der Waals surface area (Å²) in [7, 11) is 2.01. The molecule has 0 N–H and O–H groups in total. The number of nitrogens with zero attached hydrogens (tertiary/aromatic N) is 8. The molecule has 142 valence electrons. The van der Waals surface area contributed by atoms with Gasteiger partial charge in [0.05, 0.1) is 24.6 Å². The van der Waals surface area contributed by atoms with Crippen LogP contribution < -0.4 is 0 Å². The van der Waals surface area contributed by atoms with Crippen molar-refractivity contribution >= 4 is 5.91 Å². The molecule has 1 saturated heterocycles. The summed E-state index contributed by atoms with van der Waals surface area (Å²) in [5.41, 5.74) is 0.663.